The maximum absolute atomic E-state index is 5.85. The fourth-order valence-corrected chi connectivity index (χ4v) is 1.53. The van der Waals surface area contributed by atoms with Gasteiger partial charge in [-0.1, -0.05) is 23.7 Å². The van der Waals surface area contributed by atoms with Crippen molar-refractivity contribution in [2.75, 3.05) is 12.3 Å². The third kappa shape index (κ3) is 3.00. The summed E-state index contributed by atoms with van der Waals surface area (Å²) < 4.78 is 10.5. The Morgan fingerprint density at radius 3 is 3.00 bits per heavy atom. The number of benzene rings is 1. The summed E-state index contributed by atoms with van der Waals surface area (Å²) in [5, 5.41) is 4.34. The van der Waals surface area contributed by atoms with E-state index in [1.54, 1.807) is 18.2 Å². The second-order valence-corrected chi connectivity index (χ2v) is 4.21. The van der Waals surface area contributed by atoms with Crippen LogP contribution in [0, 0.1) is 0 Å². The van der Waals surface area contributed by atoms with E-state index in [-0.39, 0.29) is 0 Å². The lowest BCUT2D eigenvalue weighted by Crippen LogP contribution is -1.95. The largest absolute Gasteiger partial charge is 0.398 e. The van der Waals surface area contributed by atoms with Gasteiger partial charge >= 0.3 is 0 Å². The van der Waals surface area contributed by atoms with Crippen LogP contribution < -0.4 is 5.73 Å². The molecule has 96 valence electrons. The third-order valence-corrected chi connectivity index (χ3v) is 2.63. The number of aromatic nitrogens is 2. The molecule has 1 aromatic carbocycles. The molecule has 18 heavy (non-hydrogen) atoms. The van der Waals surface area contributed by atoms with Gasteiger partial charge in [0.25, 0.3) is 5.89 Å². The maximum atomic E-state index is 5.85. The molecular formula is C12H14ClN3O2. The van der Waals surface area contributed by atoms with Crippen molar-refractivity contribution in [1.82, 2.24) is 10.1 Å². The average molecular weight is 268 g/mol. The predicted octanol–water partition coefficient (Wildman–Crippen LogP) is 2.90. The van der Waals surface area contributed by atoms with Crippen molar-refractivity contribution in [2.45, 2.75) is 20.0 Å². The number of rotatable bonds is 5. The minimum absolute atomic E-state index is 0.348. The van der Waals surface area contributed by atoms with Gasteiger partial charge in [0.15, 0.2) is 5.82 Å². The monoisotopic (exact) mass is 267 g/mol. The summed E-state index contributed by atoms with van der Waals surface area (Å²) in [6.45, 7) is 3.07. The van der Waals surface area contributed by atoms with Gasteiger partial charge < -0.3 is 15.0 Å². The Balaban J connectivity index is 2.11. The first-order valence-corrected chi connectivity index (χ1v) is 6.04. The van der Waals surface area contributed by atoms with Crippen LogP contribution in [0.1, 0.15) is 19.2 Å². The van der Waals surface area contributed by atoms with Crippen LogP contribution in [-0.2, 0) is 11.3 Å². The fourth-order valence-electron chi connectivity index (χ4n) is 1.41. The molecule has 0 aliphatic heterocycles. The molecule has 2 N–H and O–H groups in total. The van der Waals surface area contributed by atoms with Gasteiger partial charge in [0.1, 0.15) is 6.61 Å². The smallest absolute Gasteiger partial charge is 0.258 e. The van der Waals surface area contributed by atoms with Crippen molar-refractivity contribution in [3.8, 4) is 11.5 Å². The molecule has 0 aliphatic carbocycles. The van der Waals surface area contributed by atoms with Crippen LogP contribution >= 0.6 is 11.6 Å². The van der Waals surface area contributed by atoms with Crippen molar-refractivity contribution < 1.29 is 9.26 Å². The molecule has 0 fully saturated rings. The van der Waals surface area contributed by atoms with E-state index in [2.05, 4.69) is 10.1 Å². The SMILES string of the molecule is CCCOCc1noc(-c2ccc(Cl)c(N)c2)n1. The number of hydrogen-bond acceptors (Lipinski definition) is 5. The summed E-state index contributed by atoms with van der Waals surface area (Å²) in [7, 11) is 0. The molecule has 0 unspecified atom stereocenters. The topological polar surface area (TPSA) is 74.2 Å². The van der Waals surface area contributed by atoms with Gasteiger partial charge in [0, 0.05) is 12.2 Å². The average Bonchev–Trinajstić information content (AvgIpc) is 2.82. The molecule has 0 saturated carbocycles. The molecule has 1 heterocycles. The predicted molar refractivity (Wildman–Crippen MR) is 69.1 cm³/mol. The lowest BCUT2D eigenvalue weighted by Gasteiger charge is -1.99. The van der Waals surface area contributed by atoms with E-state index in [0.29, 0.717) is 35.6 Å². The molecule has 6 heteroatoms. The quantitative estimate of drug-likeness (QED) is 0.666. The fraction of sp³-hybridized carbons (Fsp3) is 0.333. The first-order valence-electron chi connectivity index (χ1n) is 5.66. The van der Waals surface area contributed by atoms with Gasteiger partial charge in [0.05, 0.1) is 10.7 Å². The second kappa shape index (κ2) is 5.84. The molecule has 2 aromatic rings. The Labute approximate surface area is 110 Å². The Bertz CT molecular complexity index is 528. The van der Waals surface area contributed by atoms with Gasteiger partial charge in [-0.3, -0.25) is 0 Å². The highest BCUT2D eigenvalue weighted by atomic mass is 35.5. The van der Waals surface area contributed by atoms with Crippen molar-refractivity contribution >= 4 is 17.3 Å². The van der Waals surface area contributed by atoms with Gasteiger partial charge in [-0.2, -0.15) is 4.98 Å². The normalized spacial score (nSPS) is 10.8. The lowest BCUT2D eigenvalue weighted by molar-refractivity contribution is 0.114. The number of hydrogen-bond donors (Lipinski definition) is 1. The molecule has 5 nitrogen and oxygen atoms in total. The number of nitrogens with zero attached hydrogens (tertiary/aromatic N) is 2. The Morgan fingerprint density at radius 1 is 1.44 bits per heavy atom. The Hall–Kier alpha value is -1.59. The highest BCUT2D eigenvalue weighted by Gasteiger charge is 2.10. The molecular weight excluding hydrogens is 254 g/mol. The molecule has 0 amide bonds. The Morgan fingerprint density at radius 2 is 2.28 bits per heavy atom. The van der Waals surface area contributed by atoms with Crippen molar-refractivity contribution in [2.24, 2.45) is 0 Å². The van der Waals surface area contributed by atoms with Crippen LogP contribution in [0.2, 0.25) is 5.02 Å². The number of nitrogen functional groups attached to an aromatic ring is 1. The highest BCUT2D eigenvalue weighted by molar-refractivity contribution is 6.33. The van der Waals surface area contributed by atoms with E-state index in [0.717, 1.165) is 12.0 Å². The van der Waals surface area contributed by atoms with Crippen molar-refractivity contribution in [3.05, 3.63) is 29.0 Å². The molecule has 0 radical (unpaired) electrons. The molecule has 0 atom stereocenters. The van der Waals surface area contributed by atoms with Crippen LogP contribution in [0.3, 0.4) is 0 Å². The third-order valence-electron chi connectivity index (χ3n) is 2.29. The number of nitrogens with two attached hydrogens (primary N) is 1. The van der Waals surface area contributed by atoms with Crippen molar-refractivity contribution in [3.63, 3.8) is 0 Å². The highest BCUT2D eigenvalue weighted by Crippen LogP contribution is 2.25. The number of anilines is 1. The molecule has 1 aromatic heterocycles. The summed E-state index contributed by atoms with van der Waals surface area (Å²) in [5.41, 5.74) is 6.94. The van der Waals surface area contributed by atoms with Crippen molar-refractivity contribution in [1.29, 1.82) is 0 Å². The number of ether oxygens (including phenoxy) is 1. The first-order chi connectivity index (χ1) is 8.70. The van der Waals surface area contributed by atoms with E-state index in [4.69, 9.17) is 26.6 Å². The Kier molecular flexibility index (Phi) is 4.17. The van der Waals surface area contributed by atoms with E-state index in [1.165, 1.54) is 0 Å². The zero-order chi connectivity index (χ0) is 13.0. The molecule has 0 saturated heterocycles. The molecule has 0 spiro atoms. The van der Waals surface area contributed by atoms with Gasteiger partial charge in [-0.25, -0.2) is 0 Å². The van der Waals surface area contributed by atoms with Gasteiger partial charge in [-0.05, 0) is 24.6 Å². The summed E-state index contributed by atoms with van der Waals surface area (Å²) in [6.07, 6.45) is 0.957. The zero-order valence-corrected chi connectivity index (χ0v) is 10.8. The summed E-state index contributed by atoms with van der Waals surface area (Å²) in [6, 6.07) is 5.18. The van der Waals surface area contributed by atoms with Gasteiger partial charge in [0.2, 0.25) is 0 Å². The van der Waals surface area contributed by atoms with Crippen LogP contribution in [-0.4, -0.2) is 16.7 Å². The first kappa shape index (κ1) is 12.9. The van der Waals surface area contributed by atoms with E-state index >= 15 is 0 Å². The number of halogens is 1. The van der Waals surface area contributed by atoms with Crippen LogP contribution in [0.25, 0.3) is 11.5 Å². The maximum Gasteiger partial charge on any atom is 0.258 e. The van der Waals surface area contributed by atoms with E-state index < -0.39 is 0 Å². The van der Waals surface area contributed by atoms with Gasteiger partial charge in [-0.15, -0.1) is 0 Å². The zero-order valence-electron chi connectivity index (χ0n) is 10.0. The molecule has 0 bridgehead atoms. The lowest BCUT2D eigenvalue weighted by atomic mass is 10.2. The van der Waals surface area contributed by atoms with Crippen LogP contribution in [0.5, 0.6) is 0 Å². The molecule has 0 aliphatic rings. The standard InChI is InChI=1S/C12H14ClN3O2/c1-2-5-17-7-11-15-12(18-16-11)8-3-4-9(13)10(14)6-8/h3-4,6H,2,5,7,14H2,1H3. The minimum Gasteiger partial charge on any atom is -0.398 e. The van der Waals surface area contributed by atoms with Crippen LogP contribution in [0.4, 0.5) is 5.69 Å². The minimum atomic E-state index is 0.348. The summed E-state index contributed by atoms with van der Waals surface area (Å²) in [4.78, 5) is 4.22. The van der Waals surface area contributed by atoms with E-state index in [9.17, 15) is 0 Å². The van der Waals surface area contributed by atoms with E-state index in [1.807, 2.05) is 6.92 Å². The summed E-state index contributed by atoms with van der Waals surface area (Å²) >= 11 is 5.85. The summed E-state index contributed by atoms with van der Waals surface area (Å²) in [5.74, 6) is 0.931. The second-order valence-electron chi connectivity index (χ2n) is 3.80. The molecule has 2 rings (SSSR count). The van der Waals surface area contributed by atoms with Crippen LogP contribution in [0.15, 0.2) is 22.7 Å².